The molecule has 0 saturated heterocycles. The van der Waals surface area contributed by atoms with Crippen molar-refractivity contribution in [3.63, 3.8) is 0 Å². The molecule has 0 amide bonds. The van der Waals surface area contributed by atoms with Gasteiger partial charge in [-0.05, 0) is 31.0 Å². The fourth-order valence-corrected chi connectivity index (χ4v) is 1.82. The summed E-state index contributed by atoms with van der Waals surface area (Å²) in [6.45, 7) is 2.13. The van der Waals surface area contributed by atoms with Crippen LogP contribution in [0.5, 0.6) is 11.6 Å². The summed E-state index contributed by atoms with van der Waals surface area (Å²) >= 11 is 0. The lowest BCUT2D eigenvalue weighted by Crippen LogP contribution is -2.05. The lowest BCUT2D eigenvalue weighted by Gasteiger charge is -2.09. The molecule has 0 fully saturated rings. The highest BCUT2D eigenvalue weighted by atomic mass is 16.5. The van der Waals surface area contributed by atoms with Gasteiger partial charge in [-0.3, -0.25) is 0 Å². The zero-order valence-electron chi connectivity index (χ0n) is 11.8. The van der Waals surface area contributed by atoms with Crippen LogP contribution in [0.1, 0.15) is 22.8 Å². The molecule has 0 spiro atoms. The fourth-order valence-electron chi connectivity index (χ4n) is 1.82. The van der Waals surface area contributed by atoms with E-state index in [2.05, 4.69) is 4.98 Å². The van der Waals surface area contributed by atoms with E-state index in [0.717, 1.165) is 5.56 Å². The van der Waals surface area contributed by atoms with Crippen LogP contribution < -0.4 is 4.74 Å². The highest BCUT2D eigenvalue weighted by Gasteiger charge is 2.08. The average molecular weight is 287 g/mol. The summed E-state index contributed by atoms with van der Waals surface area (Å²) in [5, 5.41) is 9.04. The van der Waals surface area contributed by atoms with Crippen molar-refractivity contribution < 1.29 is 19.4 Å². The van der Waals surface area contributed by atoms with Gasteiger partial charge in [-0.2, -0.15) is 0 Å². The van der Waals surface area contributed by atoms with Crippen molar-refractivity contribution in [1.29, 1.82) is 0 Å². The number of aromatic nitrogens is 1. The van der Waals surface area contributed by atoms with Gasteiger partial charge in [0.15, 0.2) is 0 Å². The van der Waals surface area contributed by atoms with Crippen LogP contribution in [-0.4, -0.2) is 29.3 Å². The third kappa shape index (κ3) is 4.03. The number of hydrogen-bond donors (Lipinski definition) is 1. The van der Waals surface area contributed by atoms with Crippen molar-refractivity contribution in [2.45, 2.75) is 13.3 Å². The number of carbonyl (C=O) groups excluding carboxylic acids is 1. The molecule has 5 nitrogen and oxygen atoms in total. The largest absolute Gasteiger partial charge is 0.462 e. The number of carbonyl (C=O) groups is 1. The Balaban J connectivity index is 2.12. The molecule has 110 valence electrons. The first-order valence-corrected chi connectivity index (χ1v) is 6.74. The van der Waals surface area contributed by atoms with Gasteiger partial charge in [0, 0.05) is 18.9 Å². The van der Waals surface area contributed by atoms with Gasteiger partial charge in [-0.15, -0.1) is 0 Å². The van der Waals surface area contributed by atoms with Crippen molar-refractivity contribution in [2.24, 2.45) is 0 Å². The lowest BCUT2D eigenvalue weighted by molar-refractivity contribution is 0.0526. The number of nitrogens with zero attached hydrogens (tertiary/aromatic N) is 1. The predicted molar refractivity (Wildman–Crippen MR) is 77.5 cm³/mol. The number of hydrogen-bond acceptors (Lipinski definition) is 5. The zero-order valence-corrected chi connectivity index (χ0v) is 11.8. The van der Waals surface area contributed by atoms with Crippen LogP contribution in [0.15, 0.2) is 42.6 Å². The molecular formula is C16H17NO4. The average Bonchev–Trinajstić information content (AvgIpc) is 2.50. The second-order valence-electron chi connectivity index (χ2n) is 4.29. The van der Waals surface area contributed by atoms with Crippen LogP contribution in [0.4, 0.5) is 0 Å². The Bertz CT molecular complexity index is 595. The molecule has 1 aromatic carbocycles. The third-order valence-electron chi connectivity index (χ3n) is 2.82. The molecule has 1 aromatic heterocycles. The number of esters is 1. The van der Waals surface area contributed by atoms with Crippen molar-refractivity contribution in [1.82, 2.24) is 4.98 Å². The molecule has 1 N–H and O–H groups in total. The van der Waals surface area contributed by atoms with E-state index in [9.17, 15) is 4.79 Å². The first-order valence-electron chi connectivity index (χ1n) is 6.74. The second-order valence-corrected chi connectivity index (χ2v) is 4.29. The van der Waals surface area contributed by atoms with Gasteiger partial charge < -0.3 is 14.6 Å². The molecular weight excluding hydrogens is 270 g/mol. The summed E-state index contributed by atoms with van der Waals surface area (Å²) in [4.78, 5) is 15.6. The quantitative estimate of drug-likeness (QED) is 0.827. The maximum atomic E-state index is 11.5. The SMILES string of the molecule is CCOC(=O)c1ccc(Oc2ccccc2CCO)nc1. The van der Waals surface area contributed by atoms with Crippen molar-refractivity contribution in [2.75, 3.05) is 13.2 Å². The lowest BCUT2D eigenvalue weighted by atomic mass is 10.1. The molecule has 0 unspecified atom stereocenters. The molecule has 0 aliphatic heterocycles. The van der Waals surface area contributed by atoms with E-state index >= 15 is 0 Å². The van der Waals surface area contributed by atoms with Gasteiger partial charge in [-0.1, -0.05) is 18.2 Å². The summed E-state index contributed by atoms with van der Waals surface area (Å²) < 4.78 is 10.6. The smallest absolute Gasteiger partial charge is 0.339 e. The summed E-state index contributed by atoms with van der Waals surface area (Å²) in [5.41, 5.74) is 1.28. The molecule has 0 bridgehead atoms. The molecule has 21 heavy (non-hydrogen) atoms. The van der Waals surface area contributed by atoms with Gasteiger partial charge >= 0.3 is 5.97 Å². The number of aliphatic hydroxyl groups excluding tert-OH is 1. The summed E-state index contributed by atoms with van der Waals surface area (Å²) in [7, 11) is 0. The van der Waals surface area contributed by atoms with Crippen molar-refractivity contribution in [3.8, 4) is 11.6 Å². The first kappa shape index (κ1) is 15.0. The predicted octanol–water partition coefficient (Wildman–Crippen LogP) is 2.59. The standard InChI is InChI=1S/C16H17NO4/c1-2-20-16(19)13-7-8-15(17-11-13)21-14-6-4-3-5-12(14)9-10-18/h3-8,11,18H,2,9-10H2,1H3. The Morgan fingerprint density at radius 1 is 1.24 bits per heavy atom. The van der Waals surface area contributed by atoms with E-state index in [4.69, 9.17) is 14.6 Å². The number of pyridine rings is 1. The summed E-state index contributed by atoms with van der Waals surface area (Å²) in [5.74, 6) is 0.619. The minimum absolute atomic E-state index is 0.0512. The van der Waals surface area contributed by atoms with Crippen LogP contribution in [0.2, 0.25) is 0 Å². The molecule has 1 heterocycles. The minimum atomic E-state index is -0.405. The van der Waals surface area contributed by atoms with Gasteiger partial charge in [0.2, 0.25) is 5.88 Å². The molecule has 0 aliphatic rings. The van der Waals surface area contributed by atoms with Crippen LogP contribution >= 0.6 is 0 Å². The Kier molecular flexibility index (Phi) is 5.29. The van der Waals surface area contributed by atoms with Crippen LogP contribution in [0.3, 0.4) is 0 Å². The van der Waals surface area contributed by atoms with E-state index < -0.39 is 5.97 Å². The molecule has 2 aromatic rings. The number of para-hydroxylation sites is 1. The van der Waals surface area contributed by atoms with Gasteiger partial charge in [0.25, 0.3) is 0 Å². The molecule has 2 rings (SSSR count). The van der Waals surface area contributed by atoms with E-state index in [1.54, 1.807) is 19.1 Å². The van der Waals surface area contributed by atoms with Gasteiger partial charge in [0.1, 0.15) is 5.75 Å². The number of rotatable bonds is 6. The normalized spacial score (nSPS) is 10.2. The zero-order chi connectivity index (χ0) is 15.1. The Labute approximate surface area is 123 Å². The molecule has 5 heteroatoms. The van der Waals surface area contributed by atoms with Crippen LogP contribution in [0, 0.1) is 0 Å². The topological polar surface area (TPSA) is 68.7 Å². The van der Waals surface area contributed by atoms with Crippen molar-refractivity contribution >= 4 is 5.97 Å². The number of ether oxygens (including phenoxy) is 2. The van der Waals surface area contributed by atoms with E-state index in [0.29, 0.717) is 30.2 Å². The highest BCUT2D eigenvalue weighted by Crippen LogP contribution is 2.24. The molecule has 0 saturated carbocycles. The Hall–Kier alpha value is -2.40. The maximum Gasteiger partial charge on any atom is 0.339 e. The highest BCUT2D eigenvalue weighted by molar-refractivity contribution is 5.89. The summed E-state index contributed by atoms with van der Waals surface area (Å²) in [6.07, 6.45) is 1.93. The third-order valence-corrected chi connectivity index (χ3v) is 2.82. The minimum Gasteiger partial charge on any atom is -0.462 e. The summed E-state index contributed by atoms with van der Waals surface area (Å²) in [6, 6.07) is 10.7. The first-order chi connectivity index (χ1) is 10.2. The second kappa shape index (κ2) is 7.40. The molecule has 0 aliphatic carbocycles. The Morgan fingerprint density at radius 3 is 2.71 bits per heavy atom. The Morgan fingerprint density at radius 2 is 2.05 bits per heavy atom. The van der Waals surface area contributed by atoms with Crippen LogP contribution in [0.25, 0.3) is 0 Å². The number of aliphatic hydroxyl groups is 1. The monoisotopic (exact) mass is 287 g/mol. The van der Waals surface area contributed by atoms with Gasteiger partial charge in [0.05, 0.1) is 12.2 Å². The van der Waals surface area contributed by atoms with Crippen LogP contribution in [-0.2, 0) is 11.2 Å². The number of benzene rings is 1. The van der Waals surface area contributed by atoms with E-state index in [1.165, 1.54) is 6.20 Å². The van der Waals surface area contributed by atoms with Gasteiger partial charge in [-0.25, -0.2) is 9.78 Å². The van der Waals surface area contributed by atoms with E-state index in [-0.39, 0.29) is 6.61 Å². The molecule has 0 radical (unpaired) electrons. The maximum absolute atomic E-state index is 11.5. The molecule has 0 atom stereocenters. The van der Waals surface area contributed by atoms with E-state index in [1.807, 2.05) is 24.3 Å². The fraction of sp³-hybridized carbons (Fsp3) is 0.250. The van der Waals surface area contributed by atoms with Crippen molar-refractivity contribution in [3.05, 3.63) is 53.7 Å².